The summed E-state index contributed by atoms with van der Waals surface area (Å²) < 4.78 is 9.96. The third-order valence-electron chi connectivity index (χ3n) is 4.11. The number of hydrogen-bond acceptors (Lipinski definition) is 6. The largest absolute Gasteiger partial charge is 0.463 e. The fourth-order valence-corrected chi connectivity index (χ4v) is 3.20. The van der Waals surface area contributed by atoms with Gasteiger partial charge < -0.3 is 15.4 Å². The van der Waals surface area contributed by atoms with Gasteiger partial charge in [0, 0.05) is 24.3 Å². The smallest absolute Gasteiger partial charge is 0.328 e. The summed E-state index contributed by atoms with van der Waals surface area (Å²) in [4.78, 5) is 6.75. The van der Waals surface area contributed by atoms with Gasteiger partial charge in [-0.1, -0.05) is 42.5 Å². The van der Waals surface area contributed by atoms with Gasteiger partial charge in [0.1, 0.15) is 5.01 Å². The summed E-state index contributed by atoms with van der Waals surface area (Å²) in [6.07, 6.45) is 1.96. The molecule has 144 valence electrons. The Morgan fingerprint density at radius 2 is 1.78 bits per heavy atom. The Morgan fingerprint density at radius 1 is 1.04 bits per heavy atom. The number of nitrogens with two attached hydrogens (primary N) is 1. The second-order valence-corrected chi connectivity index (χ2v) is 7.00. The van der Waals surface area contributed by atoms with Gasteiger partial charge in [-0.2, -0.15) is 4.98 Å². The number of likely N-dealkylation sites (N-methyl/N-ethyl adjacent to an activating group) is 1. The van der Waals surface area contributed by atoms with Crippen molar-refractivity contribution in [2.45, 2.75) is 12.8 Å². The first-order valence-corrected chi connectivity index (χ1v) is 9.53. The van der Waals surface area contributed by atoms with Crippen LogP contribution in [0.3, 0.4) is 0 Å². The monoisotopic (exact) mass is 404 g/mol. The molecular formula is C20H25ClN4OS. The zero-order chi connectivity index (χ0) is 18.2. The SMILES string of the molecule is CN(CCCOc1nsc(-c2ccccc2)n1)CCc1ccc(N)cc1.Cl. The van der Waals surface area contributed by atoms with Gasteiger partial charge in [-0.05, 0) is 49.1 Å². The number of nitrogens with zero attached hydrogens (tertiary/aromatic N) is 3. The summed E-state index contributed by atoms with van der Waals surface area (Å²) in [6.45, 7) is 2.61. The molecule has 0 unspecified atom stereocenters. The molecule has 2 N–H and O–H groups in total. The number of nitrogen functional groups attached to an aromatic ring is 1. The van der Waals surface area contributed by atoms with Crippen molar-refractivity contribution in [3.05, 3.63) is 60.2 Å². The highest BCUT2D eigenvalue weighted by Gasteiger charge is 2.07. The fourth-order valence-electron chi connectivity index (χ4n) is 2.58. The maximum Gasteiger partial charge on any atom is 0.328 e. The molecule has 0 fully saturated rings. The molecule has 0 aliphatic carbocycles. The van der Waals surface area contributed by atoms with E-state index in [2.05, 4.69) is 33.4 Å². The molecule has 1 aromatic heterocycles. The molecule has 7 heteroatoms. The molecule has 0 spiro atoms. The molecule has 5 nitrogen and oxygen atoms in total. The minimum absolute atomic E-state index is 0. The van der Waals surface area contributed by atoms with Crippen molar-refractivity contribution in [1.82, 2.24) is 14.3 Å². The van der Waals surface area contributed by atoms with E-state index >= 15 is 0 Å². The van der Waals surface area contributed by atoms with Crippen LogP contribution in [0, 0.1) is 0 Å². The summed E-state index contributed by atoms with van der Waals surface area (Å²) in [7, 11) is 2.13. The Balaban J connectivity index is 0.00000261. The number of benzene rings is 2. The number of aromatic nitrogens is 2. The molecule has 0 aliphatic heterocycles. The Hall–Kier alpha value is -2.15. The average molecular weight is 405 g/mol. The summed E-state index contributed by atoms with van der Waals surface area (Å²) >= 11 is 1.37. The predicted molar refractivity (Wildman–Crippen MR) is 115 cm³/mol. The van der Waals surface area contributed by atoms with E-state index in [1.54, 1.807) is 0 Å². The summed E-state index contributed by atoms with van der Waals surface area (Å²) in [6, 6.07) is 18.6. The first-order chi connectivity index (χ1) is 12.7. The van der Waals surface area contributed by atoms with E-state index in [0.29, 0.717) is 12.6 Å². The first-order valence-electron chi connectivity index (χ1n) is 8.75. The lowest BCUT2D eigenvalue weighted by Crippen LogP contribution is -2.23. The number of rotatable bonds is 9. The number of ether oxygens (including phenoxy) is 1. The van der Waals surface area contributed by atoms with Crippen molar-refractivity contribution in [1.29, 1.82) is 0 Å². The summed E-state index contributed by atoms with van der Waals surface area (Å²) in [5, 5.41) is 0.890. The van der Waals surface area contributed by atoms with Crippen LogP contribution < -0.4 is 10.5 Å². The summed E-state index contributed by atoms with van der Waals surface area (Å²) in [5.41, 5.74) is 8.90. The molecule has 27 heavy (non-hydrogen) atoms. The number of anilines is 1. The lowest BCUT2D eigenvalue weighted by Gasteiger charge is -2.16. The van der Waals surface area contributed by atoms with Crippen molar-refractivity contribution < 1.29 is 4.74 Å². The van der Waals surface area contributed by atoms with E-state index < -0.39 is 0 Å². The van der Waals surface area contributed by atoms with Gasteiger partial charge in [0.2, 0.25) is 0 Å². The van der Waals surface area contributed by atoms with Gasteiger partial charge in [-0.25, -0.2) is 0 Å². The highest BCUT2D eigenvalue weighted by Crippen LogP contribution is 2.23. The zero-order valence-electron chi connectivity index (χ0n) is 15.4. The van der Waals surface area contributed by atoms with Gasteiger partial charge >= 0.3 is 6.01 Å². The molecular weight excluding hydrogens is 380 g/mol. The van der Waals surface area contributed by atoms with Gasteiger partial charge in [0.25, 0.3) is 0 Å². The molecule has 3 aromatic rings. The van der Waals surface area contributed by atoms with E-state index in [9.17, 15) is 0 Å². The second-order valence-electron chi connectivity index (χ2n) is 6.25. The van der Waals surface area contributed by atoms with Crippen LogP contribution >= 0.6 is 23.9 Å². The van der Waals surface area contributed by atoms with Crippen LogP contribution in [0.5, 0.6) is 6.01 Å². The van der Waals surface area contributed by atoms with E-state index in [4.69, 9.17) is 10.5 Å². The van der Waals surface area contributed by atoms with Crippen molar-refractivity contribution in [3.8, 4) is 16.6 Å². The highest BCUT2D eigenvalue weighted by atomic mass is 35.5. The second kappa shape index (κ2) is 10.9. The lowest BCUT2D eigenvalue weighted by molar-refractivity contribution is 0.253. The third kappa shape index (κ3) is 6.82. The standard InChI is InChI=1S/C20H24N4OS.ClH/c1-24(14-12-16-8-10-18(21)11-9-16)13-5-15-25-20-22-19(26-23-20)17-6-3-2-4-7-17;/h2-4,6-11H,5,12-15,21H2,1H3;1H. The molecule has 0 saturated heterocycles. The topological polar surface area (TPSA) is 64.3 Å². The Morgan fingerprint density at radius 3 is 2.52 bits per heavy atom. The molecule has 0 bridgehead atoms. The van der Waals surface area contributed by atoms with Crippen LogP contribution in [-0.4, -0.2) is 41.0 Å². The predicted octanol–water partition coefficient (Wildman–Crippen LogP) is 4.15. The van der Waals surface area contributed by atoms with Gasteiger partial charge in [0.15, 0.2) is 0 Å². The molecule has 0 atom stereocenters. The van der Waals surface area contributed by atoms with Crippen LogP contribution in [0.2, 0.25) is 0 Å². The Labute approximate surface area is 170 Å². The molecule has 0 saturated carbocycles. The molecule has 0 radical (unpaired) electrons. The van der Waals surface area contributed by atoms with Gasteiger partial charge in [-0.3, -0.25) is 0 Å². The molecule has 2 aromatic carbocycles. The molecule has 1 heterocycles. The maximum atomic E-state index is 5.71. The number of halogens is 1. The van der Waals surface area contributed by atoms with Gasteiger partial charge in [-0.15, -0.1) is 16.8 Å². The van der Waals surface area contributed by atoms with Crippen LogP contribution in [0.1, 0.15) is 12.0 Å². The third-order valence-corrected chi connectivity index (χ3v) is 4.85. The lowest BCUT2D eigenvalue weighted by atomic mass is 10.1. The molecule has 0 amide bonds. The highest BCUT2D eigenvalue weighted by molar-refractivity contribution is 7.09. The van der Waals surface area contributed by atoms with Crippen molar-refractivity contribution in [2.75, 3.05) is 32.5 Å². The minimum Gasteiger partial charge on any atom is -0.463 e. The van der Waals surface area contributed by atoms with Crippen LogP contribution in [-0.2, 0) is 6.42 Å². The normalized spacial score (nSPS) is 10.6. The van der Waals surface area contributed by atoms with Crippen LogP contribution in [0.4, 0.5) is 5.69 Å². The summed E-state index contributed by atoms with van der Waals surface area (Å²) in [5.74, 6) is 0. The zero-order valence-corrected chi connectivity index (χ0v) is 17.0. The molecule has 0 aliphatic rings. The number of hydrogen-bond donors (Lipinski definition) is 1. The Bertz CT molecular complexity index is 795. The van der Waals surface area contributed by atoms with Crippen molar-refractivity contribution in [3.63, 3.8) is 0 Å². The fraction of sp³-hybridized carbons (Fsp3) is 0.300. The van der Waals surface area contributed by atoms with E-state index in [1.807, 2.05) is 42.5 Å². The Kier molecular flexibility index (Phi) is 8.51. The first kappa shape index (κ1) is 21.2. The van der Waals surface area contributed by atoms with E-state index in [0.717, 1.165) is 42.2 Å². The van der Waals surface area contributed by atoms with E-state index in [1.165, 1.54) is 17.1 Å². The maximum absolute atomic E-state index is 5.71. The van der Waals surface area contributed by atoms with Gasteiger partial charge in [0.05, 0.1) is 6.61 Å². The average Bonchev–Trinajstić information content (AvgIpc) is 3.14. The molecule has 3 rings (SSSR count). The van der Waals surface area contributed by atoms with Crippen LogP contribution in [0.15, 0.2) is 54.6 Å². The van der Waals surface area contributed by atoms with Crippen LogP contribution in [0.25, 0.3) is 10.6 Å². The van der Waals surface area contributed by atoms with Crippen molar-refractivity contribution >= 4 is 29.6 Å². The van der Waals surface area contributed by atoms with Crippen molar-refractivity contribution in [2.24, 2.45) is 0 Å². The van der Waals surface area contributed by atoms with E-state index in [-0.39, 0.29) is 12.4 Å². The minimum atomic E-state index is 0. The quantitative estimate of drug-likeness (QED) is 0.428.